The highest BCUT2D eigenvalue weighted by molar-refractivity contribution is 7.89. The number of sulfonamides is 1. The third kappa shape index (κ3) is 5.12. The summed E-state index contributed by atoms with van der Waals surface area (Å²) in [6.07, 6.45) is 6.24. The van der Waals surface area contributed by atoms with Gasteiger partial charge in [0.15, 0.2) is 0 Å². The fraction of sp³-hybridized carbons (Fsp3) is 0.682. The smallest absolute Gasteiger partial charge is 0.253 e. The van der Waals surface area contributed by atoms with Crippen molar-refractivity contribution in [3.63, 3.8) is 0 Å². The lowest BCUT2D eigenvalue weighted by molar-refractivity contribution is 0.0930. The van der Waals surface area contributed by atoms with Gasteiger partial charge in [0, 0.05) is 37.9 Å². The molecule has 1 unspecified atom stereocenters. The molecule has 1 aromatic carbocycles. The number of carbonyl (C=O) groups excluding carboxylic acids is 1. The highest BCUT2D eigenvalue weighted by Crippen LogP contribution is 2.29. The van der Waals surface area contributed by atoms with Crippen LogP contribution in [0.25, 0.3) is 0 Å². The summed E-state index contributed by atoms with van der Waals surface area (Å²) in [5.41, 5.74) is 1.31. The Morgan fingerprint density at radius 2 is 1.52 bits per heavy atom. The Hall–Kier alpha value is -1.60. The summed E-state index contributed by atoms with van der Waals surface area (Å²) in [6, 6.07) is 5.11. The lowest BCUT2D eigenvalue weighted by atomic mass is 10.0. The molecule has 0 aromatic heterocycles. The summed E-state index contributed by atoms with van der Waals surface area (Å²) >= 11 is 0. The third-order valence-electron chi connectivity index (χ3n) is 6.22. The van der Waals surface area contributed by atoms with Crippen LogP contribution < -0.4 is 10.2 Å². The molecule has 0 radical (unpaired) electrons. The fourth-order valence-corrected chi connectivity index (χ4v) is 5.52. The van der Waals surface area contributed by atoms with Gasteiger partial charge in [-0.15, -0.1) is 0 Å². The second-order valence-corrected chi connectivity index (χ2v) is 10.6. The van der Waals surface area contributed by atoms with Gasteiger partial charge >= 0.3 is 0 Å². The maximum absolute atomic E-state index is 13.2. The van der Waals surface area contributed by atoms with Crippen molar-refractivity contribution in [2.45, 2.75) is 70.2 Å². The van der Waals surface area contributed by atoms with Crippen LogP contribution >= 0.6 is 0 Å². The topological polar surface area (TPSA) is 69.7 Å². The SMILES string of the molecule is CC(C)C(C)NC(=O)c1cc(S(=O)(=O)N2CCCCC2)ccc1N1CCCCC1. The van der Waals surface area contributed by atoms with Crippen LogP contribution in [0.4, 0.5) is 5.69 Å². The Morgan fingerprint density at radius 3 is 2.10 bits per heavy atom. The van der Waals surface area contributed by atoms with E-state index >= 15 is 0 Å². The number of nitrogens with zero attached hydrogens (tertiary/aromatic N) is 2. The number of piperidine rings is 2. The second-order valence-electron chi connectivity index (χ2n) is 8.70. The van der Waals surface area contributed by atoms with Crippen molar-refractivity contribution in [2.75, 3.05) is 31.1 Å². The minimum Gasteiger partial charge on any atom is -0.371 e. The van der Waals surface area contributed by atoms with E-state index < -0.39 is 10.0 Å². The van der Waals surface area contributed by atoms with Gasteiger partial charge in [-0.2, -0.15) is 4.31 Å². The van der Waals surface area contributed by atoms with Gasteiger partial charge in [-0.1, -0.05) is 20.3 Å². The monoisotopic (exact) mass is 421 g/mol. The predicted molar refractivity (Wildman–Crippen MR) is 117 cm³/mol. The number of benzene rings is 1. The van der Waals surface area contributed by atoms with E-state index in [0.29, 0.717) is 24.6 Å². The number of rotatable bonds is 6. The summed E-state index contributed by atoms with van der Waals surface area (Å²) < 4.78 is 27.9. The molecule has 2 saturated heterocycles. The molecule has 162 valence electrons. The van der Waals surface area contributed by atoms with Crippen LogP contribution in [-0.4, -0.2) is 50.9 Å². The van der Waals surface area contributed by atoms with Gasteiger partial charge in [-0.3, -0.25) is 4.79 Å². The molecule has 2 aliphatic rings. The highest BCUT2D eigenvalue weighted by atomic mass is 32.2. The van der Waals surface area contributed by atoms with Gasteiger partial charge in [0.2, 0.25) is 10.0 Å². The van der Waals surface area contributed by atoms with E-state index in [1.165, 1.54) is 6.42 Å². The van der Waals surface area contributed by atoms with Crippen LogP contribution in [0.5, 0.6) is 0 Å². The molecule has 2 fully saturated rings. The van der Waals surface area contributed by atoms with Crippen LogP contribution in [0.3, 0.4) is 0 Å². The van der Waals surface area contributed by atoms with E-state index in [2.05, 4.69) is 24.1 Å². The van der Waals surface area contributed by atoms with Crippen LogP contribution in [0.15, 0.2) is 23.1 Å². The maximum atomic E-state index is 13.2. The molecule has 3 rings (SSSR count). The summed E-state index contributed by atoms with van der Waals surface area (Å²) in [4.78, 5) is 15.6. The molecule has 0 bridgehead atoms. The molecule has 0 spiro atoms. The number of nitrogens with one attached hydrogen (secondary N) is 1. The van der Waals surface area contributed by atoms with E-state index in [-0.39, 0.29) is 16.8 Å². The average Bonchev–Trinajstić information content (AvgIpc) is 2.74. The first-order chi connectivity index (χ1) is 13.8. The zero-order valence-corrected chi connectivity index (χ0v) is 18.8. The van der Waals surface area contributed by atoms with Crippen LogP contribution in [0, 0.1) is 5.92 Å². The van der Waals surface area contributed by atoms with Crippen molar-refractivity contribution >= 4 is 21.6 Å². The molecule has 1 amide bonds. The molecule has 2 aliphatic heterocycles. The van der Waals surface area contributed by atoms with Gasteiger partial charge in [-0.05, 0) is 63.1 Å². The first kappa shape index (κ1) is 22.1. The molecule has 6 nitrogen and oxygen atoms in total. The zero-order chi connectivity index (χ0) is 21.0. The van der Waals surface area contributed by atoms with Gasteiger partial charge < -0.3 is 10.2 Å². The Labute approximate surface area is 175 Å². The Kier molecular flexibility index (Phi) is 7.22. The molecular weight excluding hydrogens is 386 g/mol. The standard InChI is InChI=1S/C22H35N3O3S/c1-17(2)18(3)23-22(26)20-16-19(29(27,28)25-14-8-5-9-15-25)10-11-21(20)24-12-6-4-7-13-24/h10-11,16-18H,4-9,12-15H2,1-3H3,(H,23,26). The number of amides is 1. The second kappa shape index (κ2) is 9.47. The molecule has 0 saturated carbocycles. The van der Waals surface area contributed by atoms with E-state index in [1.54, 1.807) is 16.4 Å². The van der Waals surface area contributed by atoms with E-state index in [0.717, 1.165) is 50.9 Å². The number of anilines is 1. The van der Waals surface area contributed by atoms with Gasteiger partial charge in [-0.25, -0.2) is 8.42 Å². The normalized spacial score (nSPS) is 19.9. The predicted octanol–water partition coefficient (Wildman–Crippen LogP) is 3.63. The zero-order valence-electron chi connectivity index (χ0n) is 18.0. The first-order valence-electron chi connectivity index (χ1n) is 11.0. The van der Waals surface area contributed by atoms with Crippen molar-refractivity contribution in [1.82, 2.24) is 9.62 Å². The Bertz CT molecular complexity index is 811. The molecule has 1 atom stereocenters. The molecule has 1 N–H and O–H groups in total. The average molecular weight is 422 g/mol. The van der Waals surface area contributed by atoms with Gasteiger partial charge in [0.05, 0.1) is 10.5 Å². The van der Waals surface area contributed by atoms with Crippen molar-refractivity contribution < 1.29 is 13.2 Å². The lowest BCUT2D eigenvalue weighted by Gasteiger charge is -2.31. The number of carbonyl (C=O) groups is 1. The van der Waals surface area contributed by atoms with E-state index in [4.69, 9.17) is 0 Å². The lowest BCUT2D eigenvalue weighted by Crippen LogP contribution is -2.39. The van der Waals surface area contributed by atoms with Gasteiger partial charge in [0.1, 0.15) is 0 Å². The van der Waals surface area contributed by atoms with Crippen LogP contribution in [-0.2, 0) is 10.0 Å². The van der Waals surface area contributed by atoms with Crippen molar-refractivity contribution in [3.8, 4) is 0 Å². The molecule has 2 heterocycles. The fourth-order valence-electron chi connectivity index (χ4n) is 3.97. The van der Waals surface area contributed by atoms with Crippen molar-refractivity contribution in [3.05, 3.63) is 23.8 Å². The molecule has 1 aromatic rings. The quantitative estimate of drug-likeness (QED) is 0.762. The number of hydrogen-bond donors (Lipinski definition) is 1. The molecular formula is C22H35N3O3S. The molecule has 7 heteroatoms. The highest BCUT2D eigenvalue weighted by Gasteiger charge is 2.29. The Morgan fingerprint density at radius 1 is 0.931 bits per heavy atom. The minimum absolute atomic E-state index is 0.0130. The Balaban J connectivity index is 1.96. The maximum Gasteiger partial charge on any atom is 0.253 e. The van der Waals surface area contributed by atoms with Crippen LogP contribution in [0.2, 0.25) is 0 Å². The van der Waals surface area contributed by atoms with E-state index in [9.17, 15) is 13.2 Å². The van der Waals surface area contributed by atoms with Crippen LogP contribution in [0.1, 0.15) is 69.7 Å². The third-order valence-corrected chi connectivity index (χ3v) is 8.12. The molecule has 0 aliphatic carbocycles. The minimum atomic E-state index is -3.58. The molecule has 29 heavy (non-hydrogen) atoms. The first-order valence-corrected chi connectivity index (χ1v) is 12.4. The summed E-state index contributed by atoms with van der Waals surface area (Å²) in [5.74, 6) is 0.111. The summed E-state index contributed by atoms with van der Waals surface area (Å²) in [6.45, 7) is 9.03. The van der Waals surface area contributed by atoms with Crippen molar-refractivity contribution in [1.29, 1.82) is 0 Å². The summed E-state index contributed by atoms with van der Waals surface area (Å²) in [7, 11) is -3.58. The van der Waals surface area contributed by atoms with E-state index in [1.807, 2.05) is 13.0 Å². The van der Waals surface area contributed by atoms with Gasteiger partial charge in [0.25, 0.3) is 5.91 Å². The largest absolute Gasteiger partial charge is 0.371 e. The number of hydrogen-bond acceptors (Lipinski definition) is 4. The summed E-state index contributed by atoms with van der Waals surface area (Å²) in [5, 5.41) is 3.06. The van der Waals surface area contributed by atoms with Crippen molar-refractivity contribution in [2.24, 2.45) is 5.92 Å².